The molecule has 0 spiro atoms. The molecule has 0 radical (unpaired) electrons. The fourth-order valence-electron chi connectivity index (χ4n) is 2.00. The molecular weight excluding hydrogens is 266 g/mol. The molecule has 0 saturated heterocycles. The number of nitrogens with one attached hydrogen (secondary N) is 1. The summed E-state index contributed by atoms with van der Waals surface area (Å²) in [5, 5.41) is 12.0. The third kappa shape index (κ3) is 2.97. The van der Waals surface area contributed by atoms with Crippen LogP contribution in [0.3, 0.4) is 0 Å². The average molecular weight is 279 g/mol. The van der Waals surface area contributed by atoms with E-state index in [9.17, 15) is 9.90 Å². The van der Waals surface area contributed by atoms with Gasteiger partial charge < -0.3 is 10.4 Å². The van der Waals surface area contributed by atoms with E-state index in [-0.39, 0.29) is 11.7 Å². The van der Waals surface area contributed by atoms with Crippen LogP contribution < -0.4 is 5.32 Å². The molecule has 1 aromatic heterocycles. The number of carbonyl (C=O) groups is 1. The Morgan fingerprint density at radius 3 is 2.48 bits per heavy atom. The Labute approximate surface area is 121 Å². The minimum atomic E-state index is -0.171. The predicted octanol–water partition coefficient (Wildman–Crippen LogP) is 2.27. The van der Waals surface area contributed by atoms with E-state index in [1.807, 2.05) is 0 Å². The molecule has 0 fully saturated rings. The van der Waals surface area contributed by atoms with Crippen LogP contribution in [0.4, 0.5) is 0 Å². The van der Waals surface area contributed by atoms with Crippen LogP contribution in [0.15, 0.2) is 54.9 Å². The second-order valence-electron chi connectivity index (χ2n) is 4.61. The Kier molecular flexibility index (Phi) is 3.47. The number of phenolic OH excluding ortho intramolecular Hbond substituents is 1. The molecule has 21 heavy (non-hydrogen) atoms. The molecule has 2 aromatic carbocycles. The number of benzene rings is 2. The van der Waals surface area contributed by atoms with Crippen LogP contribution in [0, 0.1) is 0 Å². The summed E-state index contributed by atoms with van der Waals surface area (Å²) in [7, 11) is 0. The zero-order valence-electron chi connectivity index (χ0n) is 11.2. The summed E-state index contributed by atoms with van der Waals surface area (Å²) in [6.45, 7) is 0.400. The van der Waals surface area contributed by atoms with Crippen LogP contribution >= 0.6 is 0 Å². The van der Waals surface area contributed by atoms with Gasteiger partial charge in [0.05, 0.1) is 11.0 Å². The number of hydrogen-bond acceptors (Lipinski definition) is 4. The van der Waals surface area contributed by atoms with E-state index in [4.69, 9.17) is 0 Å². The lowest BCUT2D eigenvalue weighted by atomic mass is 10.1. The molecular formula is C16H13N3O2. The summed E-state index contributed by atoms with van der Waals surface area (Å²) in [6, 6.07) is 11.9. The number of amides is 1. The minimum absolute atomic E-state index is 0.171. The van der Waals surface area contributed by atoms with Crippen LogP contribution in [0.2, 0.25) is 0 Å². The number of aromatic hydroxyl groups is 1. The largest absolute Gasteiger partial charge is 0.508 e. The lowest BCUT2D eigenvalue weighted by Gasteiger charge is -2.06. The van der Waals surface area contributed by atoms with Crippen LogP contribution in [0.1, 0.15) is 15.9 Å². The third-order valence-corrected chi connectivity index (χ3v) is 3.12. The molecule has 0 bridgehead atoms. The van der Waals surface area contributed by atoms with Gasteiger partial charge in [0.2, 0.25) is 0 Å². The fourth-order valence-corrected chi connectivity index (χ4v) is 2.00. The van der Waals surface area contributed by atoms with Crippen LogP contribution in [0.25, 0.3) is 11.0 Å². The lowest BCUT2D eigenvalue weighted by Crippen LogP contribution is -2.22. The molecule has 0 aliphatic carbocycles. The number of fused-ring (bicyclic) bond motifs is 1. The van der Waals surface area contributed by atoms with Gasteiger partial charge in [-0.1, -0.05) is 12.1 Å². The first kappa shape index (κ1) is 13.1. The van der Waals surface area contributed by atoms with E-state index in [2.05, 4.69) is 15.3 Å². The Hall–Kier alpha value is -2.95. The monoisotopic (exact) mass is 279 g/mol. The number of phenols is 1. The van der Waals surface area contributed by atoms with Gasteiger partial charge in [0.25, 0.3) is 5.91 Å². The smallest absolute Gasteiger partial charge is 0.251 e. The van der Waals surface area contributed by atoms with Crippen LogP contribution in [-0.2, 0) is 6.54 Å². The number of aromatic nitrogens is 2. The van der Waals surface area contributed by atoms with E-state index >= 15 is 0 Å². The van der Waals surface area contributed by atoms with Gasteiger partial charge in [-0.25, -0.2) is 0 Å². The highest BCUT2D eigenvalue weighted by Crippen LogP contribution is 2.12. The third-order valence-electron chi connectivity index (χ3n) is 3.12. The average Bonchev–Trinajstić information content (AvgIpc) is 2.53. The number of nitrogens with zero attached hydrogens (tertiary/aromatic N) is 2. The molecule has 0 unspecified atom stereocenters. The van der Waals surface area contributed by atoms with Crippen molar-refractivity contribution in [2.75, 3.05) is 0 Å². The molecule has 0 aliphatic rings. The Morgan fingerprint density at radius 2 is 1.71 bits per heavy atom. The molecule has 5 nitrogen and oxygen atoms in total. The first-order valence-corrected chi connectivity index (χ1v) is 6.49. The number of hydrogen-bond donors (Lipinski definition) is 2. The number of rotatable bonds is 3. The van der Waals surface area contributed by atoms with Crippen molar-refractivity contribution in [2.24, 2.45) is 0 Å². The minimum Gasteiger partial charge on any atom is -0.508 e. The van der Waals surface area contributed by atoms with E-state index < -0.39 is 0 Å². The van der Waals surface area contributed by atoms with E-state index in [0.29, 0.717) is 17.6 Å². The standard InChI is InChI=1S/C16H13N3O2/c20-13-4-1-11(2-5-13)10-19-16(21)12-3-6-14-15(9-12)18-8-7-17-14/h1-9,20H,10H2,(H,19,21). The van der Waals surface area contributed by atoms with Gasteiger partial charge in [0.1, 0.15) is 5.75 Å². The van der Waals surface area contributed by atoms with E-state index in [0.717, 1.165) is 11.1 Å². The first-order valence-electron chi connectivity index (χ1n) is 6.49. The summed E-state index contributed by atoms with van der Waals surface area (Å²) in [4.78, 5) is 20.5. The molecule has 0 saturated carbocycles. The fraction of sp³-hybridized carbons (Fsp3) is 0.0625. The summed E-state index contributed by atoms with van der Waals surface area (Å²) >= 11 is 0. The van der Waals surface area contributed by atoms with Crippen LogP contribution in [-0.4, -0.2) is 21.0 Å². The summed E-state index contributed by atoms with van der Waals surface area (Å²) in [5.41, 5.74) is 2.91. The Bertz CT molecular complexity index is 785. The highest BCUT2D eigenvalue weighted by Gasteiger charge is 2.07. The number of carbonyl (C=O) groups excluding carboxylic acids is 1. The van der Waals surface area contributed by atoms with E-state index in [1.165, 1.54) is 0 Å². The maximum absolute atomic E-state index is 12.1. The summed E-state index contributed by atoms with van der Waals surface area (Å²) < 4.78 is 0. The molecule has 2 N–H and O–H groups in total. The normalized spacial score (nSPS) is 10.5. The molecule has 0 atom stereocenters. The van der Waals surface area contributed by atoms with Gasteiger partial charge in [0.15, 0.2) is 0 Å². The highest BCUT2D eigenvalue weighted by molar-refractivity contribution is 5.97. The van der Waals surface area contributed by atoms with Crippen molar-refractivity contribution >= 4 is 16.9 Å². The van der Waals surface area contributed by atoms with Gasteiger partial charge in [-0.15, -0.1) is 0 Å². The van der Waals surface area contributed by atoms with Gasteiger partial charge >= 0.3 is 0 Å². The van der Waals surface area contributed by atoms with Crippen molar-refractivity contribution in [2.45, 2.75) is 6.54 Å². The maximum atomic E-state index is 12.1. The molecule has 0 aliphatic heterocycles. The second kappa shape index (κ2) is 5.58. The topological polar surface area (TPSA) is 75.1 Å². The second-order valence-corrected chi connectivity index (χ2v) is 4.61. The van der Waals surface area contributed by atoms with Gasteiger partial charge in [-0.2, -0.15) is 0 Å². The predicted molar refractivity (Wildman–Crippen MR) is 78.8 cm³/mol. The van der Waals surface area contributed by atoms with Crippen molar-refractivity contribution in [1.82, 2.24) is 15.3 Å². The van der Waals surface area contributed by atoms with Gasteiger partial charge in [-0.05, 0) is 35.9 Å². The maximum Gasteiger partial charge on any atom is 0.251 e. The first-order chi connectivity index (χ1) is 10.2. The SMILES string of the molecule is O=C(NCc1ccc(O)cc1)c1ccc2nccnc2c1. The van der Waals surface area contributed by atoms with E-state index in [1.54, 1.807) is 54.9 Å². The van der Waals surface area contributed by atoms with Crippen LogP contribution in [0.5, 0.6) is 5.75 Å². The van der Waals surface area contributed by atoms with Crippen molar-refractivity contribution in [3.63, 3.8) is 0 Å². The molecule has 104 valence electrons. The molecule has 1 heterocycles. The van der Waals surface area contributed by atoms with Crippen molar-refractivity contribution in [3.8, 4) is 5.75 Å². The molecule has 3 rings (SSSR count). The van der Waals surface area contributed by atoms with Gasteiger partial charge in [0, 0.05) is 24.5 Å². The lowest BCUT2D eigenvalue weighted by molar-refractivity contribution is 0.0951. The highest BCUT2D eigenvalue weighted by atomic mass is 16.3. The molecule has 5 heteroatoms. The molecule has 3 aromatic rings. The van der Waals surface area contributed by atoms with Crippen molar-refractivity contribution in [1.29, 1.82) is 0 Å². The Morgan fingerprint density at radius 1 is 1.00 bits per heavy atom. The van der Waals surface area contributed by atoms with Gasteiger partial charge in [-0.3, -0.25) is 14.8 Å². The zero-order chi connectivity index (χ0) is 14.7. The van der Waals surface area contributed by atoms with Crippen molar-refractivity contribution in [3.05, 3.63) is 66.0 Å². The van der Waals surface area contributed by atoms with Crippen molar-refractivity contribution < 1.29 is 9.90 Å². The quantitative estimate of drug-likeness (QED) is 0.771. The summed E-state index contributed by atoms with van der Waals surface area (Å²) in [6.07, 6.45) is 3.22. The zero-order valence-corrected chi connectivity index (χ0v) is 11.2. The molecule has 1 amide bonds. The Balaban J connectivity index is 1.73. The summed E-state index contributed by atoms with van der Waals surface area (Å²) in [5.74, 6) is 0.0359.